The summed E-state index contributed by atoms with van der Waals surface area (Å²) in [5, 5.41) is 12.0. The van der Waals surface area contributed by atoms with Crippen LogP contribution in [0, 0.1) is 0 Å². The van der Waals surface area contributed by atoms with Gasteiger partial charge in [0.15, 0.2) is 0 Å². The smallest absolute Gasteiger partial charge is 0.0802 e. The number of aromatic nitrogens is 3. The molecule has 1 N–H and O–H groups in total. The molecule has 21 heavy (non-hydrogen) atoms. The Morgan fingerprint density at radius 3 is 2.67 bits per heavy atom. The second kappa shape index (κ2) is 7.93. The first-order chi connectivity index (χ1) is 10.3. The predicted octanol–water partition coefficient (Wildman–Crippen LogP) is 3.34. The highest BCUT2D eigenvalue weighted by Crippen LogP contribution is 2.25. The molecule has 0 aliphatic carbocycles. The van der Waals surface area contributed by atoms with Gasteiger partial charge in [0.25, 0.3) is 0 Å². The predicted molar refractivity (Wildman–Crippen MR) is 86.3 cm³/mol. The fraction of sp³-hybridized carbons (Fsp3) is 0.529. The Labute approximate surface area is 127 Å². The van der Waals surface area contributed by atoms with Gasteiger partial charge in [-0.15, -0.1) is 5.10 Å². The van der Waals surface area contributed by atoms with Gasteiger partial charge in [-0.25, -0.2) is 4.68 Å². The summed E-state index contributed by atoms with van der Waals surface area (Å²) in [6.07, 6.45) is 5.11. The van der Waals surface area contributed by atoms with Crippen LogP contribution >= 0.6 is 0 Å². The number of hydrogen-bond donors (Lipinski definition) is 1. The molecule has 0 saturated carbocycles. The number of aryl methyl sites for hydroxylation is 2. The molecular formula is C17H26N4. The number of nitrogens with zero attached hydrogens (tertiary/aromatic N) is 3. The van der Waals surface area contributed by atoms with Crippen molar-refractivity contribution in [3.63, 3.8) is 0 Å². The minimum atomic E-state index is 0.169. The molecule has 1 aromatic carbocycles. The SMILES string of the molecule is CCCNC(c1ccccc1CC)c1cnnn1CCC. The van der Waals surface area contributed by atoms with Crippen molar-refractivity contribution in [2.75, 3.05) is 6.54 Å². The van der Waals surface area contributed by atoms with Gasteiger partial charge in [-0.3, -0.25) is 0 Å². The van der Waals surface area contributed by atoms with Crippen LogP contribution in [0.1, 0.15) is 56.5 Å². The van der Waals surface area contributed by atoms with Gasteiger partial charge < -0.3 is 5.32 Å². The Morgan fingerprint density at radius 2 is 1.95 bits per heavy atom. The van der Waals surface area contributed by atoms with E-state index in [1.165, 1.54) is 11.1 Å². The maximum Gasteiger partial charge on any atom is 0.0802 e. The van der Waals surface area contributed by atoms with Crippen LogP contribution < -0.4 is 5.32 Å². The van der Waals surface area contributed by atoms with Crippen molar-refractivity contribution in [2.24, 2.45) is 0 Å². The second-order valence-corrected chi connectivity index (χ2v) is 5.32. The summed E-state index contributed by atoms with van der Waals surface area (Å²) in [5.41, 5.74) is 3.88. The molecule has 4 heteroatoms. The molecule has 0 spiro atoms. The van der Waals surface area contributed by atoms with Gasteiger partial charge in [0.1, 0.15) is 0 Å². The van der Waals surface area contributed by atoms with Crippen LogP contribution in [0.25, 0.3) is 0 Å². The average Bonchev–Trinajstić information content (AvgIpc) is 2.97. The maximum absolute atomic E-state index is 4.24. The normalized spacial score (nSPS) is 12.5. The van der Waals surface area contributed by atoms with E-state index in [2.05, 4.69) is 60.7 Å². The van der Waals surface area contributed by atoms with Crippen molar-refractivity contribution in [1.29, 1.82) is 0 Å². The number of benzene rings is 1. The molecule has 2 aromatic rings. The quantitative estimate of drug-likeness (QED) is 0.809. The fourth-order valence-corrected chi connectivity index (χ4v) is 2.68. The molecule has 1 aromatic heterocycles. The van der Waals surface area contributed by atoms with Gasteiger partial charge in [-0.1, -0.05) is 50.3 Å². The highest BCUT2D eigenvalue weighted by molar-refractivity contribution is 5.34. The lowest BCUT2D eigenvalue weighted by atomic mass is 9.96. The maximum atomic E-state index is 4.24. The Morgan fingerprint density at radius 1 is 1.14 bits per heavy atom. The van der Waals surface area contributed by atoms with E-state index in [0.717, 1.165) is 38.0 Å². The Kier molecular flexibility index (Phi) is 5.93. The Hall–Kier alpha value is -1.68. The topological polar surface area (TPSA) is 42.7 Å². The van der Waals surface area contributed by atoms with Crippen molar-refractivity contribution >= 4 is 0 Å². The molecule has 0 bridgehead atoms. The average molecular weight is 286 g/mol. The van der Waals surface area contributed by atoms with E-state index >= 15 is 0 Å². The molecule has 1 unspecified atom stereocenters. The van der Waals surface area contributed by atoms with E-state index in [4.69, 9.17) is 0 Å². The first kappa shape index (κ1) is 15.7. The molecule has 4 nitrogen and oxygen atoms in total. The molecule has 1 heterocycles. The first-order valence-corrected chi connectivity index (χ1v) is 8.01. The van der Waals surface area contributed by atoms with Crippen molar-refractivity contribution in [3.05, 3.63) is 47.3 Å². The molecule has 0 aliphatic heterocycles. The zero-order valence-corrected chi connectivity index (χ0v) is 13.3. The van der Waals surface area contributed by atoms with E-state index in [9.17, 15) is 0 Å². The molecular weight excluding hydrogens is 260 g/mol. The third kappa shape index (κ3) is 3.70. The van der Waals surface area contributed by atoms with Gasteiger partial charge in [0.05, 0.1) is 17.9 Å². The van der Waals surface area contributed by atoms with Crippen molar-refractivity contribution in [3.8, 4) is 0 Å². The van der Waals surface area contributed by atoms with E-state index in [-0.39, 0.29) is 6.04 Å². The van der Waals surface area contributed by atoms with Crippen LogP contribution in [0.2, 0.25) is 0 Å². The van der Waals surface area contributed by atoms with Gasteiger partial charge in [0.2, 0.25) is 0 Å². The summed E-state index contributed by atoms with van der Waals surface area (Å²) in [6.45, 7) is 8.46. The number of hydrogen-bond acceptors (Lipinski definition) is 3. The van der Waals surface area contributed by atoms with Crippen molar-refractivity contribution < 1.29 is 0 Å². The van der Waals surface area contributed by atoms with Gasteiger partial charge in [-0.05, 0) is 36.9 Å². The van der Waals surface area contributed by atoms with Crippen LogP contribution in [-0.4, -0.2) is 21.5 Å². The zero-order valence-electron chi connectivity index (χ0n) is 13.3. The largest absolute Gasteiger partial charge is 0.305 e. The molecule has 0 radical (unpaired) electrons. The van der Waals surface area contributed by atoms with E-state index in [1.807, 2.05) is 10.9 Å². The third-order valence-electron chi connectivity index (χ3n) is 3.72. The summed E-state index contributed by atoms with van der Waals surface area (Å²) < 4.78 is 2.03. The van der Waals surface area contributed by atoms with Crippen LogP contribution in [0.4, 0.5) is 0 Å². The Bertz CT molecular complexity index is 547. The summed E-state index contributed by atoms with van der Waals surface area (Å²) >= 11 is 0. The molecule has 0 fully saturated rings. The van der Waals surface area contributed by atoms with Crippen LogP contribution in [0.3, 0.4) is 0 Å². The van der Waals surface area contributed by atoms with Gasteiger partial charge in [-0.2, -0.15) is 0 Å². The summed E-state index contributed by atoms with van der Waals surface area (Å²) in [6, 6.07) is 8.83. The molecule has 114 valence electrons. The van der Waals surface area contributed by atoms with E-state index in [0.29, 0.717) is 0 Å². The monoisotopic (exact) mass is 286 g/mol. The lowest BCUT2D eigenvalue weighted by molar-refractivity contribution is 0.503. The van der Waals surface area contributed by atoms with Crippen molar-refractivity contribution in [2.45, 2.75) is 52.6 Å². The minimum Gasteiger partial charge on any atom is -0.305 e. The highest BCUT2D eigenvalue weighted by Gasteiger charge is 2.20. The van der Waals surface area contributed by atoms with Crippen molar-refractivity contribution in [1.82, 2.24) is 20.3 Å². The standard InChI is InChI=1S/C17H26N4/c1-4-11-18-17(15-10-8-7-9-14(15)6-3)16-13-19-20-21(16)12-5-2/h7-10,13,17-18H,4-6,11-12H2,1-3H3. The number of nitrogens with one attached hydrogen (secondary N) is 1. The van der Waals surface area contributed by atoms with Crippen LogP contribution in [-0.2, 0) is 13.0 Å². The van der Waals surface area contributed by atoms with Gasteiger partial charge in [0, 0.05) is 6.54 Å². The van der Waals surface area contributed by atoms with Crippen LogP contribution in [0.5, 0.6) is 0 Å². The summed E-state index contributed by atoms with van der Waals surface area (Å²) in [4.78, 5) is 0. The minimum absolute atomic E-state index is 0.169. The third-order valence-corrected chi connectivity index (χ3v) is 3.72. The summed E-state index contributed by atoms with van der Waals surface area (Å²) in [5.74, 6) is 0. The van der Waals surface area contributed by atoms with Gasteiger partial charge >= 0.3 is 0 Å². The highest BCUT2D eigenvalue weighted by atomic mass is 15.4. The molecule has 0 saturated heterocycles. The molecule has 0 amide bonds. The first-order valence-electron chi connectivity index (χ1n) is 8.01. The lowest BCUT2D eigenvalue weighted by Gasteiger charge is -2.22. The molecule has 1 atom stereocenters. The summed E-state index contributed by atoms with van der Waals surface area (Å²) in [7, 11) is 0. The van der Waals surface area contributed by atoms with E-state index < -0.39 is 0 Å². The van der Waals surface area contributed by atoms with Crippen LogP contribution in [0.15, 0.2) is 30.5 Å². The molecule has 0 aliphatic rings. The zero-order chi connectivity index (χ0) is 15.1. The Balaban J connectivity index is 2.40. The number of rotatable bonds is 8. The fourth-order valence-electron chi connectivity index (χ4n) is 2.68. The lowest BCUT2D eigenvalue weighted by Crippen LogP contribution is -2.26. The molecule has 2 rings (SSSR count). The van der Waals surface area contributed by atoms with E-state index in [1.54, 1.807) is 0 Å². The second-order valence-electron chi connectivity index (χ2n) is 5.32.